The normalized spacial score (nSPS) is 13.2. The number of carbonyl (C=O) groups is 2. The summed E-state index contributed by atoms with van der Waals surface area (Å²) in [6, 6.07) is 22.4. The van der Waals surface area contributed by atoms with Crippen LogP contribution in [0.1, 0.15) is 41.3 Å². The van der Waals surface area contributed by atoms with Crippen LogP contribution < -0.4 is 9.47 Å². The first kappa shape index (κ1) is 25.3. The molecule has 0 aromatic heterocycles. The van der Waals surface area contributed by atoms with Crippen LogP contribution in [0.4, 0.5) is 0 Å². The fourth-order valence-electron chi connectivity index (χ4n) is 4.04. The van der Waals surface area contributed by atoms with Gasteiger partial charge >= 0.3 is 5.97 Å². The molecule has 1 fully saturated rings. The number of esters is 1. The van der Waals surface area contributed by atoms with E-state index in [1.54, 1.807) is 78.6 Å². The zero-order valence-electron chi connectivity index (χ0n) is 20.3. The maximum absolute atomic E-state index is 13.4. The number of nitriles is 2. The lowest BCUT2D eigenvalue weighted by Gasteiger charge is -2.31. The van der Waals surface area contributed by atoms with Gasteiger partial charge in [0.2, 0.25) is 0 Å². The summed E-state index contributed by atoms with van der Waals surface area (Å²) >= 11 is 0. The molecular weight excluding hydrogens is 470 g/mol. The molecule has 1 aliphatic rings. The Balaban J connectivity index is 1.57. The molecule has 3 aromatic carbocycles. The maximum Gasteiger partial charge on any atom is 0.309 e. The minimum Gasteiger partial charge on any atom is -0.466 e. The minimum absolute atomic E-state index is 0.197. The predicted molar refractivity (Wildman–Crippen MR) is 134 cm³/mol. The summed E-state index contributed by atoms with van der Waals surface area (Å²) in [5.41, 5.74) is 1.39. The van der Waals surface area contributed by atoms with Gasteiger partial charge in [-0.3, -0.25) is 9.59 Å². The zero-order chi connectivity index (χ0) is 26.2. The van der Waals surface area contributed by atoms with Crippen molar-refractivity contribution in [2.24, 2.45) is 5.92 Å². The Morgan fingerprint density at radius 2 is 1.30 bits per heavy atom. The number of hydrogen-bond acceptors (Lipinski definition) is 7. The molecule has 0 radical (unpaired) electrons. The van der Waals surface area contributed by atoms with Crippen LogP contribution in [0.15, 0.2) is 66.7 Å². The SMILES string of the molecule is CCOC(=O)C1CCN(C(=O)c2cc(Oc3ccc(C#N)cc3)cc(Oc3ccc(C#N)cc3)c2)CC1. The fourth-order valence-corrected chi connectivity index (χ4v) is 4.04. The molecule has 3 aromatic rings. The molecule has 0 spiro atoms. The summed E-state index contributed by atoms with van der Waals surface area (Å²) in [6.45, 7) is 3.00. The average molecular weight is 496 g/mol. The standard InChI is InChI=1S/C29H25N3O5/c1-2-35-29(34)22-11-13-32(14-12-22)28(33)23-15-26(36-24-7-3-20(18-30)4-8-24)17-27(16-23)37-25-9-5-21(19-31)6-10-25/h3-10,15-17,22H,2,11-14H2,1H3. The molecule has 1 saturated heterocycles. The van der Waals surface area contributed by atoms with E-state index in [-0.39, 0.29) is 17.8 Å². The van der Waals surface area contributed by atoms with Gasteiger partial charge < -0.3 is 19.1 Å². The van der Waals surface area contributed by atoms with Crippen molar-refractivity contribution in [2.75, 3.05) is 19.7 Å². The van der Waals surface area contributed by atoms with Crippen LogP contribution in [0.3, 0.4) is 0 Å². The van der Waals surface area contributed by atoms with Crippen LogP contribution in [0.25, 0.3) is 0 Å². The third kappa shape index (κ3) is 6.45. The molecule has 0 N–H and O–H groups in total. The van der Waals surface area contributed by atoms with E-state index in [9.17, 15) is 9.59 Å². The lowest BCUT2D eigenvalue weighted by molar-refractivity contribution is -0.149. The monoisotopic (exact) mass is 495 g/mol. The van der Waals surface area contributed by atoms with Gasteiger partial charge in [-0.15, -0.1) is 0 Å². The van der Waals surface area contributed by atoms with Crippen LogP contribution in [0.2, 0.25) is 0 Å². The summed E-state index contributed by atoms with van der Waals surface area (Å²) in [5.74, 6) is 1.17. The maximum atomic E-state index is 13.4. The quantitative estimate of drug-likeness (QED) is 0.402. The fraction of sp³-hybridized carbons (Fsp3) is 0.241. The van der Waals surface area contributed by atoms with Crippen molar-refractivity contribution in [1.82, 2.24) is 4.90 Å². The predicted octanol–water partition coefficient (Wildman–Crippen LogP) is 5.43. The highest BCUT2D eigenvalue weighted by molar-refractivity contribution is 5.95. The van der Waals surface area contributed by atoms with Gasteiger partial charge in [0.15, 0.2) is 0 Å². The average Bonchev–Trinajstić information content (AvgIpc) is 2.93. The molecule has 1 amide bonds. The van der Waals surface area contributed by atoms with Crippen molar-refractivity contribution in [3.8, 4) is 35.1 Å². The van der Waals surface area contributed by atoms with Gasteiger partial charge in [-0.2, -0.15) is 10.5 Å². The van der Waals surface area contributed by atoms with Crippen molar-refractivity contribution in [2.45, 2.75) is 19.8 Å². The highest BCUT2D eigenvalue weighted by atomic mass is 16.5. The number of likely N-dealkylation sites (tertiary alicyclic amines) is 1. The Morgan fingerprint density at radius 1 is 0.811 bits per heavy atom. The van der Waals surface area contributed by atoms with Crippen LogP contribution in [0, 0.1) is 28.6 Å². The smallest absolute Gasteiger partial charge is 0.309 e. The van der Waals surface area contributed by atoms with Gasteiger partial charge in [0.05, 0.1) is 35.8 Å². The molecule has 0 saturated carbocycles. The number of benzene rings is 3. The molecule has 0 unspecified atom stereocenters. The Morgan fingerprint density at radius 3 is 1.73 bits per heavy atom. The molecule has 4 rings (SSSR count). The second kappa shape index (κ2) is 11.7. The summed E-state index contributed by atoms with van der Waals surface area (Å²) < 4.78 is 17.1. The Hall–Kier alpha value is -4.82. The van der Waals surface area contributed by atoms with Crippen LogP contribution in [-0.2, 0) is 9.53 Å². The molecule has 186 valence electrons. The summed E-state index contributed by atoms with van der Waals surface area (Å²) in [6.07, 6.45) is 1.08. The number of ether oxygens (including phenoxy) is 3. The zero-order valence-corrected chi connectivity index (χ0v) is 20.3. The molecule has 37 heavy (non-hydrogen) atoms. The second-order valence-electron chi connectivity index (χ2n) is 8.49. The van der Waals surface area contributed by atoms with Crippen LogP contribution in [-0.4, -0.2) is 36.5 Å². The first-order chi connectivity index (χ1) is 18.0. The van der Waals surface area contributed by atoms with Gasteiger partial charge in [-0.1, -0.05) is 0 Å². The van der Waals surface area contributed by atoms with Crippen molar-refractivity contribution >= 4 is 11.9 Å². The van der Waals surface area contributed by atoms with Gasteiger partial charge in [0.1, 0.15) is 23.0 Å². The highest BCUT2D eigenvalue weighted by Gasteiger charge is 2.29. The van der Waals surface area contributed by atoms with E-state index in [1.807, 2.05) is 0 Å². The number of piperidine rings is 1. The van der Waals surface area contributed by atoms with Crippen molar-refractivity contribution < 1.29 is 23.8 Å². The van der Waals surface area contributed by atoms with E-state index < -0.39 is 0 Å². The molecule has 1 heterocycles. The first-order valence-electron chi connectivity index (χ1n) is 12.0. The lowest BCUT2D eigenvalue weighted by Crippen LogP contribution is -2.40. The molecular formula is C29H25N3O5. The number of hydrogen-bond donors (Lipinski definition) is 0. The number of rotatable bonds is 7. The van der Waals surface area contributed by atoms with Gasteiger partial charge in [-0.05, 0) is 80.4 Å². The summed E-state index contributed by atoms with van der Waals surface area (Å²) in [7, 11) is 0. The Kier molecular flexibility index (Phi) is 8.02. The molecule has 0 bridgehead atoms. The number of carbonyl (C=O) groups excluding carboxylic acids is 2. The van der Waals surface area contributed by atoms with Crippen molar-refractivity contribution in [3.63, 3.8) is 0 Å². The lowest BCUT2D eigenvalue weighted by atomic mass is 9.96. The molecule has 0 atom stereocenters. The molecule has 1 aliphatic heterocycles. The second-order valence-corrected chi connectivity index (χ2v) is 8.49. The van der Waals surface area contributed by atoms with E-state index in [0.29, 0.717) is 72.2 Å². The topological polar surface area (TPSA) is 113 Å². The largest absolute Gasteiger partial charge is 0.466 e. The van der Waals surface area contributed by atoms with Crippen molar-refractivity contribution in [1.29, 1.82) is 10.5 Å². The van der Waals surface area contributed by atoms with Crippen LogP contribution >= 0.6 is 0 Å². The number of amides is 1. The summed E-state index contributed by atoms with van der Waals surface area (Å²) in [4.78, 5) is 27.2. The Labute approximate surface area is 215 Å². The van der Waals surface area contributed by atoms with E-state index in [4.69, 9.17) is 24.7 Å². The van der Waals surface area contributed by atoms with E-state index in [1.165, 1.54) is 0 Å². The third-order valence-electron chi connectivity index (χ3n) is 5.97. The van der Waals surface area contributed by atoms with Crippen LogP contribution in [0.5, 0.6) is 23.0 Å². The number of nitrogens with zero attached hydrogens (tertiary/aromatic N) is 3. The van der Waals surface area contributed by atoms with Crippen molar-refractivity contribution in [3.05, 3.63) is 83.4 Å². The molecule has 8 nitrogen and oxygen atoms in total. The first-order valence-corrected chi connectivity index (χ1v) is 12.0. The molecule has 8 heteroatoms. The van der Waals surface area contributed by atoms with Gasteiger partial charge in [0.25, 0.3) is 5.91 Å². The highest BCUT2D eigenvalue weighted by Crippen LogP contribution is 2.32. The minimum atomic E-state index is -0.217. The van der Waals surface area contributed by atoms with Gasteiger partial charge in [0, 0.05) is 24.7 Å². The molecule has 0 aliphatic carbocycles. The Bertz CT molecular complexity index is 1270. The summed E-state index contributed by atoms with van der Waals surface area (Å²) in [5, 5.41) is 18.1. The van der Waals surface area contributed by atoms with E-state index in [0.717, 1.165) is 0 Å². The van der Waals surface area contributed by atoms with E-state index >= 15 is 0 Å². The van der Waals surface area contributed by atoms with E-state index in [2.05, 4.69) is 12.1 Å². The third-order valence-corrected chi connectivity index (χ3v) is 5.97. The van der Waals surface area contributed by atoms with Gasteiger partial charge in [-0.25, -0.2) is 0 Å².